The fourth-order valence-corrected chi connectivity index (χ4v) is 2.78. The van der Waals surface area contributed by atoms with E-state index in [-0.39, 0.29) is 5.91 Å². The Hall–Kier alpha value is -3.15. The molecule has 1 N–H and O–H groups in total. The quantitative estimate of drug-likeness (QED) is 0.799. The number of aromatic nitrogens is 3. The summed E-state index contributed by atoms with van der Waals surface area (Å²) < 4.78 is 7.27. The number of fused-ring (bicyclic) bond motifs is 1. The maximum absolute atomic E-state index is 12.4. The van der Waals surface area contributed by atoms with E-state index in [1.165, 1.54) is 6.33 Å². The van der Waals surface area contributed by atoms with Gasteiger partial charge in [-0.15, -0.1) is 0 Å². The summed E-state index contributed by atoms with van der Waals surface area (Å²) in [5.74, 6) is 0.602. The van der Waals surface area contributed by atoms with E-state index in [9.17, 15) is 4.79 Å². The second kappa shape index (κ2) is 6.16. The minimum atomic E-state index is -0.117. The van der Waals surface area contributed by atoms with Crippen LogP contribution in [-0.2, 0) is 13.0 Å². The van der Waals surface area contributed by atoms with Crippen molar-refractivity contribution in [3.05, 3.63) is 71.8 Å². The third-order valence-electron chi connectivity index (χ3n) is 4.03. The van der Waals surface area contributed by atoms with Crippen molar-refractivity contribution in [2.75, 3.05) is 6.61 Å². The standard InChI is InChI=1S/C18H16N4O2/c23-18(16-3-1-2-14-8-9-24-17(14)16)20-10-13-4-6-15(7-5-13)22-12-19-11-21-22/h1-7,11-12H,8-10H2,(H,20,23). The normalized spacial score (nSPS) is 12.5. The number of ether oxygens (including phenoxy) is 1. The summed E-state index contributed by atoms with van der Waals surface area (Å²) in [7, 11) is 0. The zero-order valence-electron chi connectivity index (χ0n) is 13.0. The van der Waals surface area contributed by atoms with Crippen LogP contribution in [0.25, 0.3) is 5.69 Å². The van der Waals surface area contributed by atoms with Gasteiger partial charge in [0.2, 0.25) is 0 Å². The van der Waals surface area contributed by atoms with Gasteiger partial charge in [0.25, 0.3) is 5.91 Å². The Morgan fingerprint density at radius 3 is 2.88 bits per heavy atom. The number of amides is 1. The highest BCUT2D eigenvalue weighted by atomic mass is 16.5. The van der Waals surface area contributed by atoms with Gasteiger partial charge in [-0.3, -0.25) is 4.79 Å². The molecule has 120 valence electrons. The van der Waals surface area contributed by atoms with Gasteiger partial charge in [0.05, 0.1) is 17.9 Å². The van der Waals surface area contributed by atoms with Crippen molar-refractivity contribution in [2.24, 2.45) is 0 Å². The smallest absolute Gasteiger partial charge is 0.255 e. The summed E-state index contributed by atoms with van der Waals surface area (Å²) in [6.07, 6.45) is 4.00. The van der Waals surface area contributed by atoms with Gasteiger partial charge in [-0.05, 0) is 29.3 Å². The van der Waals surface area contributed by atoms with Gasteiger partial charge in [0.1, 0.15) is 18.4 Å². The third-order valence-corrected chi connectivity index (χ3v) is 4.03. The van der Waals surface area contributed by atoms with Crippen LogP contribution in [0, 0.1) is 0 Å². The van der Waals surface area contributed by atoms with E-state index in [4.69, 9.17) is 4.74 Å². The van der Waals surface area contributed by atoms with E-state index >= 15 is 0 Å². The second-order valence-corrected chi connectivity index (χ2v) is 5.58. The van der Waals surface area contributed by atoms with E-state index in [2.05, 4.69) is 15.4 Å². The van der Waals surface area contributed by atoms with Crippen molar-refractivity contribution in [1.29, 1.82) is 0 Å². The Morgan fingerprint density at radius 2 is 2.08 bits per heavy atom. The monoisotopic (exact) mass is 320 g/mol. The summed E-state index contributed by atoms with van der Waals surface area (Å²) in [5.41, 5.74) is 3.64. The van der Waals surface area contributed by atoms with Crippen LogP contribution in [0.15, 0.2) is 55.1 Å². The number of carbonyl (C=O) groups is 1. The van der Waals surface area contributed by atoms with Gasteiger partial charge in [-0.1, -0.05) is 24.3 Å². The first kappa shape index (κ1) is 14.4. The fourth-order valence-electron chi connectivity index (χ4n) is 2.78. The van der Waals surface area contributed by atoms with Gasteiger partial charge in [0.15, 0.2) is 0 Å². The van der Waals surface area contributed by atoms with Crippen LogP contribution in [0.5, 0.6) is 5.75 Å². The van der Waals surface area contributed by atoms with Gasteiger partial charge in [0, 0.05) is 13.0 Å². The molecule has 2 heterocycles. The van der Waals surface area contributed by atoms with Crippen LogP contribution in [0.4, 0.5) is 0 Å². The van der Waals surface area contributed by atoms with Crippen LogP contribution >= 0.6 is 0 Å². The number of hydrogen-bond donors (Lipinski definition) is 1. The average Bonchev–Trinajstić information content (AvgIpc) is 3.31. The van der Waals surface area contributed by atoms with E-state index < -0.39 is 0 Å². The zero-order chi connectivity index (χ0) is 16.4. The first-order valence-corrected chi connectivity index (χ1v) is 7.78. The predicted molar refractivity (Wildman–Crippen MR) is 88.2 cm³/mol. The molecule has 2 aromatic carbocycles. The van der Waals surface area contributed by atoms with Crippen LogP contribution < -0.4 is 10.1 Å². The van der Waals surface area contributed by atoms with Crippen molar-refractivity contribution in [3.63, 3.8) is 0 Å². The molecule has 1 aliphatic heterocycles. The van der Waals surface area contributed by atoms with Crippen LogP contribution in [0.1, 0.15) is 21.5 Å². The number of benzene rings is 2. The molecule has 1 amide bonds. The predicted octanol–water partition coefficient (Wildman–Crippen LogP) is 2.13. The van der Waals surface area contributed by atoms with Crippen molar-refractivity contribution < 1.29 is 9.53 Å². The van der Waals surface area contributed by atoms with Crippen molar-refractivity contribution in [3.8, 4) is 11.4 Å². The molecule has 0 radical (unpaired) electrons. The molecule has 4 rings (SSSR count). The lowest BCUT2D eigenvalue weighted by atomic mass is 10.1. The van der Waals surface area contributed by atoms with Gasteiger partial charge in [-0.2, -0.15) is 5.10 Å². The van der Waals surface area contributed by atoms with Crippen LogP contribution in [0.3, 0.4) is 0 Å². The average molecular weight is 320 g/mol. The minimum absolute atomic E-state index is 0.117. The molecule has 6 nitrogen and oxygen atoms in total. The fraction of sp³-hybridized carbons (Fsp3) is 0.167. The van der Waals surface area contributed by atoms with Crippen molar-refractivity contribution >= 4 is 5.91 Å². The molecule has 0 spiro atoms. The van der Waals surface area contributed by atoms with E-state index in [0.29, 0.717) is 18.7 Å². The summed E-state index contributed by atoms with van der Waals surface area (Å²) in [4.78, 5) is 16.3. The van der Waals surface area contributed by atoms with Gasteiger partial charge in [-0.25, -0.2) is 9.67 Å². The zero-order valence-corrected chi connectivity index (χ0v) is 13.0. The topological polar surface area (TPSA) is 69.0 Å². The van der Waals surface area contributed by atoms with Crippen molar-refractivity contribution in [2.45, 2.75) is 13.0 Å². The molecule has 0 bridgehead atoms. The Morgan fingerprint density at radius 1 is 1.21 bits per heavy atom. The number of rotatable bonds is 4. The van der Waals surface area contributed by atoms with E-state index in [1.54, 1.807) is 17.1 Å². The highest BCUT2D eigenvalue weighted by Gasteiger charge is 2.20. The highest BCUT2D eigenvalue weighted by Crippen LogP contribution is 2.29. The number of hydrogen-bond acceptors (Lipinski definition) is 4. The molecule has 0 unspecified atom stereocenters. The molecule has 3 aromatic rings. The minimum Gasteiger partial charge on any atom is -0.492 e. The molecule has 0 saturated heterocycles. The lowest BCUT2D eigenvalue weighted by Crippen LogP contribution is -2.23. The van der Waals surface area contributed by atoms with E-state index in [0.717, 1.165) is 29.0 Å². The van der Waals surface area contributed by atoms with Crippen molar-refractivity contribution in [1.82, 2.24) is 20.1 Å². The summed E-state index contributed by atoms with van der Waals surface area (Å²) in [5, 5.41) is 7.03. The lowest BCUT2D eigenvalue weighted by molar-refractivity contribution is 0.0947. The van der Waals surface area contributed by atoms with Gasteiger partial charge >= 0.3 is 0 Å². The molecule has 1 aromatic heterocycles. The lowest BCUT2D eigenvalue weighted by Gasteiger charge is -2.09. The maximum atomic E-state index is 12.4. The number of para-hydroxylation sites is 1. The highest BCUT2D eigenvalue weighted by molar-refractivity contribution is 5.97. The number of nitrogens with one attached hydrogen (secondary N) is 1. The Labute approximate surface area is 139 Å². The molecule has 0 fully saturated rings. The molecule has 24 heavy (non-hydrogen) atoms. The van der Waals surface area contributed by atoms with Crippen LogP contribution in [-0.4, -0.2) is 27.3 Å². The van der Waals surface area contributed by atoms with Crippen LogP contribution in [0.2, 0.25) is 0 Å². The van der Waals surface area contributed by atoms with E-state index in [1.807, 2.05) is 36.4 Å². The SMILES string of the molecule is O=C(NCc1ccc(-n2cncn2)cc1)c1cccc2c1OCC2. The van der Waals surface area contributed by atoms with Gasteiger partial charge < -0.3 is 10.1 Å². The molecule has 6 heteroatoms. The Balaban J connectivity index is 1.44. The molecule has 0 aliphatic carbocycles. The summed E-state index contributed by atoms with van der Waals surface area (Å²) >= 11 is 0. The number of nitrogens with zero attached hydrogens (tertiary/aromatic N) is 3. The largest absolute Gasteiger partial charge is 0.492 e. The molecular weight excluding hydrogens is 304 g/mol. The summed E-state index contributed by atoms with van der Waals surface area (Å²) in [6, 6.07) is 13.5. The second-order valence-electron chi connectivity index (χ2n) is 5.58. The molecule has 1 aliphatic rings. The Bertz CT molecular complexity index is 857. The number of carbonyl (C=O) groups excluding carboxylic acids is 1. The molecule has 0 saturated carbocycles. The molecular formula is C18H16N4O2. The Kier molecular flexibility index (Phi) is 3.70. The third kappa shape index (κ3) is 2.74. The maximum Gasteiger partial charge on any atom is 0.255 e. The first-order valence-electron chi connectivity index (χ1n) is 7.78. The summed E-state index contributed by atoms with van der Waals surface area (Å²) in [6.45, 7) is 1.10. The first-order chi connectivity index (χ1) is 11.8. The molecule has 0 atom stereocenters.